The van der Waals surface area contributed by atoms with Gasteiger partial charge in [-0.05, 0) is 26.2 Å². The van der Waals surface area contributed by atoms with Crippen LogP contribution < -0.4 is 10.1 Å². The number of piperidine rings is 1. The van der Waals surface area contributed by atoms with Gasteiger partial charge in [-0.25, -0.2) is 13.6 Å². The summed E-state index contributed by atoms with van der Waals surface area (Å²) < 4.78 is 32.1. The molecule has 1 aliphatic rings. The number of nitrogens with zero attached hydrogens (tertiary/aromatic N) is 1. The van der Waals surface area contributed by atoms with Gasteiger partial charge < -0.3 is 20.1 Å². The molecular formula is C18H24F2N2O4. The van der Waals surface area contributed by atoms with Gasteiger partial charge in [-0.1, -0.05) is 6.92 Å². The molecule has 2 atom stereocenters. The van der Waals surface area contributed by atoms with Crippen molar-refractivity contribution in [3.8, 4) is 5.75 Å². The molecule has 0 radical (unpaired) electrons. The van der Waals surface area contributed by atoms with Gasteiger partial charge in [0.25, 0.3) is 0 Å². The van der Waals surface area contributed by atoms with Crippen LogP contribution in [0.2, 0.25) is 0 Å². The highest BCUT2D eigenvalue weighted by molar-refractivity contribution is 5.76. The average Bonchev–Trinajstić information content (AvgIpc) is 2.50. The second-order valence-corrected chi connectivity index (χ2v) is 7.41. The van der Waals surface area contributed by atoms with Crippen LogP contribution in [-0.2, 0) is 4.79 Å². The summed E-state index contributed by atoms with van der Waals surface area (Å²) in [6.45, 7) is 5.98. The van der Waals surface area contributed by atoms with E-state index in [-0.39, 0.29) is 30.8 Å². The highest BCUT2D eigenvalue weighted by Crippen LogP contribution is 2.23. The molecule has 1 heterocycles. The van der Waals surface area contributed by atoms with Crippen molar-refractivity contribution in [3.05, 3.63) is 29.8 Å². The van der Waals surface area contributed by atoms with Gasteiger partial charge in [0.2, 0.25) is 0 Å². The van der Waals surface area contributed by atoms with Crippen LogP contribution in [0.3, 0.4) is 0 Å². The summed E-state index contributed by atoms with van der Waals surface area (Å²) in [6.07, 6.45) is 0.541. The Hall–Kier alpha value is -2.38. The summed E-state index contributed by atoms with van der Waals surface area (Å²) in [5.41, 5.74) is -0.913. The van der Waals surface area contributed by atoms with Crippen molar-refractivity contribution in [1.29, 1.82) is 0 Å². The van der Waals surface area contributed by atoms with Gasteiger partial charge in [-0.15, -0.1) is 0 Å². The third-order valence-corrected chi connectivity index (χ3v) is 4.19. The summed E-state index contributed by atoms with van der Waals surface area (Å²) in [5, 5.41) is 11.9. The van der Waals surface area contributed by atoms with Crippen LogP contribution in [0.15, 0.2) is 18.2 Å². The quantitative estimate of drug-likeness (QED) is 0.835. The standard InChI is InChI=1S/C18H24F2N2O4/c1-11-4-12(16(23)24)9-22(8-11)17(25)21-10-18(2,3)26-15-6-13(19)5-14(20)7-15/h5-7,11-12H,4,8-10H2,1-3H3,(H,21,25)(H,23,24). The molecular weight excluding hydrogens is 346 g/mol. The maximum Gasteiger partial charge on any atom is 0.317 e. The Balaban J connectivity index is 1.93. The lowest BCUT2D eigenvalue weighted by Crippen LogP contribution is -2.52. The van der Waals surface area contributed by atoms with Crippen LogP contribution >= 0.6 is 0 Å². The molecule has 1 aromatic carbocycles. The van der Waals surface area contributed by atoms with Gasteiger partial charge in [0, 0.05) is 31.3 Å². The van der Waals surface area contributed by atoms with Gasteiger partial charge in [0.05, 0.1) is 12.5 Å². The Labute approximate surface area is 151 Å². The zero-order valence-corrected chi connectivity index (χ0v) is 15.1. The van der Waals surface area contributed by atoms with Crippen molar-refractivity contribution < 1.29 is 28.2 Å². The van der Waals surface area contributed by atoms with Crippen molar-refractivity contribution in [2.24, 2.45) is 11.8 Å². The third-order valence-electron chi connectivity index (χ3n) is 4.19. The number of halogens is 2. The van der Waals surface area contributed by atoms with Crippen LogP contribution in [0, 0.1) is 23.5 Å². The first-order valence-corrected chi connectivity index (χ1v) is 8.46. The van der Waals surface area contributed by atoms with Gasteiger partial charge in [-0.3, -0.25) is 4.79 Å². The van der Waals surface area contributed by atoms with Crippen molar-refractivity contribution in [2.45, 2.75) is 32.8 Å². The molecule has 2 N–H and O–H groups in total. The molecule has 26 heavy (non-hydrogen) atoms. The van der Waals surface area contributed by atoms with E-state index >= 15 is 0 Å². The Morgan fingerprint density at radius 3 is 2.46 bits per heavy atom. The number of carbonyl (C=O) groups is 2. The molecule has 0 aliphatic carbocycles. The van der Waals surface area contributed by atoms with E-state index in [4.69, 9.17) is 4.74 Å². The molecule has 2 rings (SSSR count). The summed E-state index contributed by atoms with van der Waals surface area (Å²) in [5.74, 6) is -2.87. The van der Waals surface area contributed by atoms with E-state index in [1.165, 1.54) is 4.90 Å². The maximum absolute atomic E-state index is 13.3. The Morgan fingerprint density at radius 2 is 1.88 bits per heavy atom. The normalized spacial score (nSPS) is 20.6. The van der Waals surface area contributed by atoms with Crippen molar-refractivity contribution in [3.63, 3.8) is 0 Å². The molecule has 0 saturated carbocycles. The molecule has 1 aromatic rings. The number of hydrogen-bond donors (Lipinski definition) is 2. The summed E-state index contributed by atoms with van der Waals surface area (Å²) in [4.78, 5) is 25.0. The fourth-order valence-electron chi connectivity index (χ4n) is 3.04. The van der Waals surface area contributed by atoms with E-state index in [2.05, 4.69) is 5.32 Å². The predicted octanol–water partition coefficient (Wildman–Crippen LogP) is 2.87. The van der Waals surface area contributed by atoms with E-state index in [0.29, 0.717) is 13.0 Å². The number of aliphatic carboxylic acids is 1. The molecule has 1 aliphatic heterocycles. The van der Waals surface area contributed by atoms with Gasteiger partial charge in [0.15, 0.2) is 0 Å². The highest BCUT2D eigenvalue weighted by Gasteiger charge is 2.32. The first-order valence-electron chi connectivity index (χ1n) is 8.46. The molecule has 1 saturated heterocycles. The van der Waals surface area contributed by atoms with Crippen LogP contribution in [0.1, 0.15) is 27.2 Å². The maximum atomic E-state index is 13.3. The van der Waals surface area contributed by atoms with Crippen LogP contribution in [0.4, 0.5) is 13.6 Å². The zero-order chi connectivity index (χ0) is 19.5. The summed E-state index contributed by atoms with van der Waals surface area (Å²) in [7, 11) is 0. The lowest BCUT2D eigenvalue weighted by molar-refractivity contribution is -0.143. The topological polar surface area (TPSA) is 78.9 Å². The van der Waals surface area contributed by atoms with Crippen molar-refractivity contribution in [2.75, 3.05) is 19.6 Å². The fourth-order valence-corrected chi connectivity index (χ4v) is 3.04. The van der Waals surface area contributed by atoms with E-state index < -0.39 is 29.1 Å². The van der Waals surface area contributed by atoms with Crippen LogP contribution in [0.25, 0.3) is 0 Å². The lowest BCUT2D eigenvalue weighted by atomic mass is 9.91. The number of hydrogen-bond acceptors (Lipinski definition) is 3. The number of benzene rings is 1. The van der Waals surface area contributed by atoms with Crippen molar-refractivity contribution >= 4 is 12.0 Å². The first-order chi connectivity index (χ1) is 12.1. The number of likely N-dealkylation sites (tertiary alicyclic amines) is 1. The molecule has 0 bridgehead atoms. The number of carboxylic acid groups (broad SMARTS) is 1. The van der Waals surface area contributed by atoms with Crippen molar-refractivity contribution in [1.82, 2.24) is 10.2 Å². The smallest absolute Gasteiger partial charge is 0.317 e. The van der Waals surface area contributed by atoms with Crippen LogP contribution in [0.5, 0.6) is 5.75 Å². The van der Waals surface area contributed by atoms with E-state index in [9.17, 15) is 23.5 Å². The van der Waals surface area contributed by atoms with Gasteiger partial charge >= 0.3 is 12.0 Å². The van der Waals surface area contributed by atoms with E-state index in [1.807, 2.05) is 6.92 Å². The Bertz CT molecular complexity index is 661. The molecule has 0 aromatic heterocycles. The minimum absolute atomic E-state index is 0.0271. The summed E-state index contributed by atoms with van der Waals surface area (Å²) >= 11 is 0. The minimum Gasteiger partial charge on any atom is -0.486 e. The predicted molar refractivity (Wildman–Crippen MR) is 90.9 cm³/mol. The number of carbonyl (C=O) groups excluding carboxylic acids is 1. The lowest BCUT2D eigenvalue weighted by Gasteiger charge is -2.35. The molecule has 8 heteroatoms. The zero-order valence-electron chi connectivity index (χ0n) is 15.1. The van der Waals surface area contributed by atoms with E-state index in [1.54, 1.807) is 13.8 Å². The first kappa shape index (κ1) is 19.9. The molecule has 0 spiro atoms. The molecule has 2 amide bonds. The largest absolute Gasteiger partial charge is 0.486 e. The second-order valence-electron chi connectivity index (χ2n) is 7.41. The monoisotopic (exact) mass is 370 g/mol. The molecule has 2 unspecified atom stereocenters. The number of amides is 2. The minimum atomic E-state index is -0.913. The number of nitrogens with one attached hydrogen (secondary N) is 1. The number of urea groups is 1. The SMILES string of the molecule is CC1CC(C(=O)O)CN(C(=O)NCC(C)(C)Oc2cc(F)cc(F)c2)C1. The number of rotatable bonds is 5. The van der Waals surface area contributed by atoms with Crippen LogP contribution in [-0.4, -0.2) is 47.2 Å². The summed E-state index contributed by atoms with van der Waals surface area (Å²) in [6, 6.07) is 2.50. The number of carboxylic acids is 1. The fraction of sp³-hybridized carbons (Fsp3) is 0.556. The number of ether oxygens (including phenoxy) is 1. The molecule has 6 nitrogen and oxygen atoms in total. The van der Waals surface area contributed by atoms with Gasteiger partial charge in [-0.2, -0.15) is 0 Å². The second kappa shape index (κ2) is 7.88. The molecule has 144 valence electrons. The third kappa shape index (κ3) is 5.57. The molecule has 1 fully saturated rings. The van der Waals surface area contributed by atoms with Gasteiger partial charge in [0.1, 0.15) is 23.0 Å². The Morgan fingerprint density at radius 1 is 1.27 bits per heavy atom. The highest BCUT2D eigenvalue weighted by atomic mass is 19.1. The Kier molecular flexibility index (Phi) is 6.05. The van der Waals surface area contributed by atoms with E-state index in [0.717, 1.165) is 18.2 Å². The average molecular weight is 370 g/mol.